The molecule has 1 atom stereocenters. The van der Waals surface area contributed by atoms with Crippen molar-refractivity contribution in [1.82, 2.24) is 0 Å². The second kappa shape index (κ2) is 3.93. The minimum absolute atomic E-state index is 0.171. The van der Waals surface area contributed by atoms with Crippen molar-refractivity contribution < 1.29 is 22.9 Å². The van der Waals surface area contributed by atoms with Crippen LogP contribution in [0.1, 0.15) is 32.1 Å². The number of rotatable bonds is 3. The summed E-state index contributed by atoms with van der Waals surface area (Å²) in [7, 11) is -4.51. The molecule has 4 bridgehead atoms. The summed E-state index contributed by atoms with van der Waals surface area (Å²) in [6, 6.07) is 0. The minimum atomic E-state index is -4.51. The van der Waals surface area contributed by atoms with Crippen LogP contribution >= 0.6 is 0 Å². The van der Waals surface area contributed by atoms with Crippen LogP contribution in [0.2, 0.25) is 0 Å². The van der Waals surface area contributed by atoms with E-state index in [0.29, 0.717) is 11.8 Å². The van der Waals surface area contributed by atoms with Crippen molar-refractivity contribution in [3.05, 3.63) is 0 Å². The van der Waals surface area contributed by atoms with Crippen LogP contribution in [0.15, 0.2) is 0 Å². The van der Waals surface area contributed by atoms with Gasteiger partial charge in [0.05, 0.1) is 0 Å². The monoisotopic (exact) mass is 274 g/mol. The molecule has 5 nitrogen and oxygen atoms in total. The van der Waals surface area contributed by atoms with Crippen molar-refractivity contribution in [2.75, 3.05) is 0 Å². The maximum absolute atomic E-state index is 11.4. The van der Waals surface area contributed by atoms with E-state index in [1.165, 1.54) is 6.42 Å². The minimum Gasteiger partial charge on any atom is -0.480 e. The van der Waals surface area contributed by atoms with Gasteiger partial charge in [0.15, 0.2) is 5.25 Å². The van der Waals surface area contributed by atoms with Crippen LogP contribution in [-0.2, 0) is 14.9 Å². The molecule has 0 amide bonds. The van der Waals surface area contributed by atoms with Gasteiger partial charge in [-0.1, -0.05) is 0 Å². The Kier molecular flexibility index (Phi) is 2.71. The van der Waals surface area contributed by atoms with Crippen LogP contribution in [0.3, 0.4) is 0 Å². The Labute approximate surface area is 106 Å². The van der Waals surface area contributed by atoms with Crippen LogP contribution in [-0.4, -0.2) is 29.3 Å². The van der Waals surface area contributed by atoms with Gasteiger partial charge < -0.3 is 5.11 Å². The maximum Gasteiger partial charge on any atom is 0.324 e. The third kappa shape index (κ3) is 1.86. The standard InChI is InChI=1S/C12H18O5S/c13-12(14)11(18(15,16)17)10-8-2-6-1-7(4-8)5-9(10)3-6/h6-11H,1-5H2,(H,13,14)(H,15,16,17). The average Bonchev–Trinajstić information content (AvgIpc) is 2.19. The molecule has 0 spiro atoms. The van der Waals surface area contributed by atoms with Crippen LogP contribution in [0, 0.1) is 29.6 Å². The van der Waals surface area contributed by atoms with E-state index in [4.69, 9.17) is 5.11 Å². The van der Waals surface area contributed by atoms with Gasteiger partial charge >= 0.3 is 5.97 Å². The summed E-state index contributed by atoms with van der Waals surface area (Å²) in [5.74, 6) is -0.131. The fraction of sp³-hybridized carbons (Fsp3) is 0.917. The van der Waals surface area contributed by atoms with E-state index in [9.17, 15) is 17.8 Å². The fourth-order valence-corrected chi connectivity index (χ4v) is 6.05. The summed E-state index contributed by atoms with van der Waals surface area (Å²) in [6.07, 6.45) is 4.99. The third-order valence-electron chi connectivity index (χ3n) is 5.21. The second-order valence-corrected chi connectivity index (χ2v) is 7.82. The summed E-state index contributed by atoms with van der Waals surface area (Å²) in [5.41, 5.74) is 0. The summed E-state index contributed by atoms with van der Waals surface area (Å²) in [5, 5.41) is 7.54. The van der Waals surface area contributed by atoms with E-state index in [1.54, 1.807) is 0 Å². The van der Waals surface area contributed by atoms with Crippen molar-refractivity contribution >= 4 is 16.1 Å². The molecule has 0 heterocycles. The first kappa shape index (κ1) is 12.4. The predicted octanol–water partition coefficient (Wildman–Crippen LogP) is 1.40. The Morgan fingerprint density at radius 3 is 1.78 bits per heavy atom. The normalized spacial score (nSPS) is 43.9. The van der Waals surface area contributed by atoms with Crippen molar-refractivity contribution in [2.45, 2.75) is 37.4 Å². The lowest BCUT2D eigenvalue weighted by Gasteiger charge is -2.55. The zero-order valence-electron chi connectivity index (χ0n) is 10.0. The van der Waals surface area contributed by atoms with Gasteiger partial charge in [-0.15, -0.1) is 0 Å². The lowest BCUT2D eigenvalue weighted by molar-refractivity contribution is -0.141. The van der Waals surface area contributed by atoms with E-state index >= 15 is 0 Å². The third-order valence-corrected chi connectivity index (χ3v) is 6.37. The Balaban J connectivity index is 1.94. The first-order valence-corrected chi connectivity index (χ1v) is 8.05. The molecule has 4 aliphatic carbocycles. The van der Waals surface area contributed by atoms with E-state index < -0.39 is 21.3 Å². The lowest BCUT2D eigenvalue weighted by Crippen LogP contribution is -2.53. The molecule has 0 aromatic rings. The topological polar surface area (TPSA) is 91.7 Å². The Hall–Kier alpha value is -0.620. The Morgan fingerprint density at radius 2 is 1.44 bits per heavy atom. The highest BCUT2D eigenvalue weighted by Crippen LogP contribution is 2.58. The first-order valence-electron chi connectivity index (χ1n) is 6.55. The molecule has 0 aromatic heterocycles. The molecule has 1 unspecified atom stereocenters. The largest absolute Gasteiger partial charge is 0.480 e. The second-order valence-electron chi connectivity index (χ2n) is 6.28. The van der Waals surface area contributed by atoms with E-state index in [0.717, 1.165) is 25.7 Å². The van der Waals surface area contributed by atoms with Crippen LogP contribution < -0.4 is 0 Å². The molecule has 0 aromatic carbocycles. The highest BCUT2D eigenvalue weighted by atomic mass is 32.2. The average molecular weight is 274 g/mol. The van der Waals surface area contributed by atoms with Gasteiger partial charge in [-0.2, -0.15) is 8.42 Å². The number of hydrogen-bond acceptors (Lipinski definition) is 3. The molecule has 6 heteroatoms. The molecule has 2 N–H and O–H groups in total. The molecule has 4 aliphatic rings. The van der Waals surface area contributed by atoms with Crippen molar-refractivity contribution in [1.29, 1.82) is 0 Å². The van der Waals surface area contributed by atoms with E-state index in [-0.39, 0.29) is 17.8 Å². The van der Waals surface area contributed by atoms with Gasteiger partial charge in [-0.3, -0.25) is 9.35 Å². The zero-order chi connectivity index (χ0) is 13.1. The van der Waals surface area contributed by atoms with Gasteiger partial charge in [0.25, 0.3) is 10.1 Å². The van der Waals surface area contributed by atoms with Crippen molar-refractivity contribution in [2.24, 2.45) is 29.6 Å². The zero-order valence-corrected chi connectivity index (χ0v) is 10.8. The number of aliphatic carboxylic acids is 1. The van der Waals surface area contributed by atoms with Crippen molar-refractivity contribution in [3.8, 4) is 0 Å². The van der Waals surface area contributed by atoms with Crippen LogP contribution in [0.4, 0.5) is 0 Å². The van der Waals surface area contributed by atoms with E-state index in [1.807, 2.05) is 0 Å². The summed E-state index contributed by atoms with van der Waals surface area (Å²) < 4.78 is 32.0. The molecule has 0 aliphatic heterocycles. The van der Waals surface area contributed by atoms with E-state index in [2.05, 4.69) is 0 Å². The lowest BCUT2D eigenvalue weighted by atomic mass is 9.51. The number of carbonyl (C=O) groups is 1. The SMILES string of the molecule is O=C(O)C(C1C2CC3CC(C2)CC1C3)S(=O)(=O)O. The predicted molar refractivity (Wildman–Crippen MR) is 63.5 cm³/mol. The van der Waals surface area contributed by atoms with Gasteiger partial charge in [-0.05, 0) is 61.7 Å². The smallest absolute Gasteiger partial charge is 0.324 e. The highest BCUT2D eigenvalue weighted by molar-refractivity contribution is 7.87. The molecule has 0 saturated heterocycles. The fourth-order valence-electron chi connectivity index (χ4n) is 4.95. The molecule has 4 saturated carbocycles. The van der Waals surface area contributed by atoms with Crippen molar-refractivity contribution in [3.63, 3.8) is 0 Å². The number of hydrogen-bond donors (Lipinski definition) is 2. The van der Waals surface area contributed by atoms with Gasteiger partial charge in [0.2, 0.25) is 0 Å². The molecule has 102 valence electrons. The summed E-state index contributed by atoms with van der Waals surface area (Å²) in [6.45, 7) is 0. The Morgan fingerprint density at radius 1 is 1.00 bits per heavy atom. The van der Waals surface area contributed by atoms with Gasteiger partial charge in [0.1, 0.15) is 0 Å². The summed E-state index contributed by atoms with van der Waals surface area (Å²) in [4.78, 5) is 11.2. The number of carboxylic acid groups (broad SMARTS) is 1. The molecule has 0 radical (unpaired) electrons. The molecule has 18 heavy (non-hydrogen) atoms. The highest BCUT2D eigenvalue weighted by Gasteiger charge is 2.55. The quantitative estimate of drug-likeness (QED) is 0.759. The molecule has 4 rings (SSSR count). The molecular weight excluding hydrogens is 256 g/mol. The van der Waals surface area contributed by atoms with Gasteiger partial charge in [0, 0.05) is 0 Å². The number of carboxylic acids is 1. The summed E-state index contributed by atoms with van der Waals surface area (Å²) >= 11 is 0. The first-order chi connectivity index (χ1) is 8.36. The molecule has 4 fully saturated rings. The van der Waals surface area contributed by atoms with Crippen LogP contribution in [0.5, 0.6) is 0 Å². The van der Waals surface area contributed by atoms with Crippen LogP contribution in [0.25, 0.3) is 0 Å². The molecular formula is C12H18O5S. The Bertz CT molecular complexity index is 441. The maximum atomic E-state index is 11.4. The van der Waals surface area contributed by atoms with Gasteiger partial charge in [-0.25, -0.2) is 0 Å².